The third-order valence-electron chi connectivity index (χ3n) is 15.6. The maximum Gasteiger partial charge on any atom is 0.0713 e. The SMILES string of the molecule is Cc1ccc(N(c2ccc3cc(-c4ccc5c(c4)c4cc(C)ccc4n5-c4ccccc4)ccc3c2)c2ccc(-c3ccc4c(c3)C(c3ccccc3)(c3ccccc3)c3ccccc3-4)c3ccccc23)cc1. The minimum Gasteiger partial charge on any atom is -0.310 e. The molecule has 1 aliphatic carbocycles. The van der Waals surface area contributed by atoms with Gasteiger partial charge in [-0.25, -0.2) is 0 Å². The lowest BCUT2D eigenvalue weighted by atomic mass is 9.67. The molecule has 14 rings (SSSR count). The predicted molar refractivity (Wildman–Crippen MR) is 308 cm³/mol. The molecule has 1 aromatic heterocycles. The van der Waals surface area contributed by atoms with E-state index < -0.39 is 5.41 Å². The van der Waals surface area contributed by atoms with Gasteiger partial charge in [-0.15, -0.1) is 0 Å². The van der Waals surface area contributed by atoms with Crippen molar-refractivity contribution in [2.45, 2.75) is 19.3 Å². The van der Waals surface area contributed by atoms with Gasteiger partial charge in [0.15, 0.2) is 0 Å². The second-order valence-electron chi connectivity index (χ2n) is 19.8. The molecule has 0 aliphatic heterocycles. The van der Waals surface area contributed by atoms with Crippen LogP contribution in [0.2, 0.25) is 0 Å². The van der Waals surface area contributed by atoms with Crippen LogP contribution in [0.1, 0.15) is 33.4 Å². The number of hydrogen-bond donors (Lipinski definition) is 0. The lowest BCUT2D eigenvalue weighted by Gasteiger charge is -2.34. The van der Waals surface area contributed by atoms with Gasteiger partial charge in [-0.05, 0) is 165 Å². The zero-order valence-electron chi connectivity index (χ0n) is 40.8. The molecule has 73 heavy (non-hydrogen) atoms. The summed E-state index contributed by atoms with van der Waals surface area (Å²) < 4.78 is 2.39. The first-order valence-corrected chi connectivity index (χ1v) is 25.4. The Hall–Kier alpha value is -9.24. The van der Waals surface area contributed by atoms with Crippen LogP contribution < -0.4 is 4.90 Å². The number of nitrogens with zero attached hydrogens (tertiary/aromatic N) is 2. The highest BCUT2D eigenvalue weighted by Gasteiger charge is 2.46. The summed E-state index contributed by atoms with van der Waals surface area (Å²) in [5.74, 6) is 0. The highest BCUT2D eigenvalue weighted by molar-refractivity contribution is 6.11. The maximum absolute atomic E-state index is 2.48. The topological polar surface area (TPSA) is 8.17 Å². The van der Waals surface area contributed by atoms with E-state index in [0.29, 0.717) is 0 Å². The van der Waals surface area contributed by atoms with Gasteiger partial charge in [0.25, 0.3) is 0 Å². The Bertz CT molecular complexity index is 4220. The average Bonchev–Trinajstić information content (AvgIpc) is 3.94. The molecule has 0 saturated carbocycles. The van der Waals surface area contributed by atoms with Gasteiger partial charge in [-0.2, -0.15) is 0 Å². The monoisotopic (exact) mass is 930 g/mol. The molecule has 0 atom stereocenters. The second-order valence-corrected chi connectivity index (χ2v) is 19.8. The van der Waals surface area contributed by atoms with E-state index >= 15 is 0 Å². The summed E-state index contributed by atoms with van der Waals surface area (Å²) in [6, 6.07) is 99.2. The molecule has 0 spiro atoms. The molecule has 2 heteroatoms. The summed E-state index contributed by atoms with van der Waals surface area (Å²) in [7, 11) is 0. The van der Waals surface area contributed by atoms with Gasteiger partial charge < -0.3 is 9.47 Å². The minimum atomic E-state index is -0.476. The molecule has 12 aromatic carbocycles. The zero-order valence-corrected chi connectivity index (χ0v) is 40.8. The van der Waals surface area contributed by atoms with Gasteiger partial charge in [0.2, 0.25) is 0 Å². The first kappa shape index (κ1) is 42.6. The fraction of sp³-hybridized carbons (Fsp3) is 0.0423. The highest BCUT2D eigenvalue weighted by Crippen LogP contribution is 2.57. The Labute approximate surface area is 426 Å². The fourth-order valence-corrected chi connectivity index (χ4v) is 12.2. The van der Waals surface area contributed by atoms with Crippen molar-refractivity contribution in [1.82, 2.24) is 4.57 Å². The van der Waals surface area contributed by atoms with Crippen LogP contribution >= 0.6 is 0 Å². The molecule has 344 valence electrons. The van der Waals surface area contributed by atoms with E-state index in [9.17, 15) is 0 Å². The number of hydrogen-bond acceptors (Lipinski definition) is 1. The Kier molecular flexibility index (Phi) is 9.91. The Morgan fingerprint density at radius 1 is 0.329 bits per heavy atom. The summed E-state index contributed by atoms with van der Waals surface area (Å²) in [5.41, 5.74) is 21.5. The smallest absolute Gasteiger partial charge is 0.0713 e. The molecule has 13 aromatic rings. The van der Waals surface area contributed by atoms with Crippen molar-refractivity contribution < 1.29 is 0 Å². The van der Waals surface area contributed by atoms with Crippen LogP contribution in [-0.4, -0.2) is 4.57 Å². The first-order chi connectivity index (χ1) is 36.0. The van der Waals surface area contributed by atoms with Gasteiger partial charge in [0.05, 0.1) is 22.1 Å². The van der Waals surface area contributed by atoms with Crippen molar-refractivity contribution in [1.29, 1.82) is 0 Å². The van der Waals surface area contributed by atoms with E-state index in [1.54, 1.807) is 0 Å². The van der Waals surface area contributed by atoms with Gasteiger partial charge >= 0.3 is 0 Å². The van der Waals surface area contributed by atoms with Gasteiger partial charge in [0, 0.05) is 33.2 Å². The number of anilines is 3. The average molecular weight is 931 g/mol. The van der Waals surface area contributed by atoms with Crippen molar-refractivity contribution >= 4 is 60.4 Å². The lowest BCUT2D eigenvalue weighted by molar-refractivity contribution is 0.769. The number of benzene rings is 12. The molecule has 0 N–H and O–H groups in total. The van der Waals surface area contributed by atoms with E-state index in [0.717, 1.165) is 17.1 Å². The molecule has 0 unspecified atom stereocenters. The molecule has 2 nitrogen and oxygen atoms in total. The Morgan fingerprint density at radius 3 is 1.64 bits per heavy atom. The van der Waals surface area contributed by atoms with Gasteiger partial charge in [-0.3, -0.25) is 0 Å². The van der Waals surface area contributed by atoms with E-state index in [-0.39, 0.29) is 0 Å². The molecule has 0 fully saturated rings. The van der Waals surface area contributed by atoms with Crippen LogP contribution in [0.4, 0.5) is 17.1 Å². The molecular formula is C71H50N2. The van der Waals surface area contributed by atoms with Crippen molar-refractivity contribution in [3.63, 3.8) is 0 Å². The highest BCUT2D eigenvalue weighted by atomic mass is 15.1. The van der Waals surface area contributed by atoms with Crippen LogP contribution in [-0.2, 0) is 5.41 Å². The predicted octanol–water partition coefficient (Wildman–Crippen LogP) is 18.9. The molecule has 0 saturated heterocycles. The molecule has 0 amide bonds. The van der Waals surface area contributed by atoms with Crippen molar-refractivity contribution in [3.05, 3.63) is 300 Å². The van der Waals surface area contributed by atoms with Crippen LogP contribution in [0.5, 0.6) is 0 Å². The minimum absolute atomic E-state index is 0.476. The third kappa shape index (κ3) is 6.79. The molecule has 0 bridgehead atoms. The third-order valence-corrected chi connectivity index (χ3v) is 15.6. The summed E-state index contributed by atoms with van der Waals surface area (Å²) in [4.78, 5) is 2.44. The molecule has 1 heterocycles. The van der Waals surface area contributed by atoms with Crippen LogP contribution in [0, 0.1) is 13.8 Å². The second kappa shape index (κ2) is 17.0. The molecule has 0 radical (unpaired) electrons. The number of aryl methyl sites for hydroxylation is 2. The van der Waals surface area contributed by atoms with Crippen LogP contribution in [0.25, 0.3) is 82.4 Å². The Morgan fingerprint density at radius 2 is 0.877 bits per heavy atom. The van der Waals surface area contributed by atoms with Gasteiger partial charge in [0.1, 0.15) is 0 Å². The summed E-state index contributed by atoms with van der Waals surface area (Å²) >= 11 is 0. The van der Waals surface area contributed by atoms with E-state index in [1.807, 2.05) is 0 Å². The van der Waals surface area contributed by atoms with E-state index in [1.165, 1.54) is 116 Å². The normalized spacial score (nSPS) is 12.6. The number of aromatic nitrogens is 1. The lowest BCUT2D eigenvalue weighted by Crippen LogP contribution is -2.28. The zero-order chi connectivity index (χ0) is 48.6. The largest absolute Gasteiger partial charge is 0.310 e. The fourth-order valence-electron chi connectivity index (χ4n) is 12.2. The van der Waals surface area contributed by atoms with E-state index in [2.05, 4.69) is 290 Å². The number of fused-ring (bicyclic) bond motifs is 8. The number of rotatable bonds is 8. The quantitative estimate of drug-likeness (QED) is 0.147. The maximum atomic E-state index is 2.48. The van der Waals surface area contributed by atoms with Crippen molar-refractivity contribution in [3.8, 4) is 39.1 Å². The van der Waals surface area contributed by atoms with Gasteiger partial charge in [-0.1, -0.05) is 199 Å². The van der Waals surface area contributed by atoms with E-state index in [4.69, 9.17) is 0 Å². The molecular weight excluding hydrogens is 881 g/mol. The summed E-state index contributed by atoms with van der Waals surface area (Å²) in [6.07, 6.45) is 0. The summed E-state index contributed by atoms with van der Waals surface area (Å²) in [5, 5.41) is 7.33. The first-order valence-electron chi connectivity index (χ1n) is 25.4. The number of para-hydroxylation sites is 1. The summed E-state index contributed by atoms with van der Waals surface area (Å²) in [6.45, 7) is 4.34. The van der Waals surface area contributed by atoms with Crippen LogP contribution in [0.15, 0.2) is 267 Å². The standard InChI is InChI=1S/C71H50N2/c1-47-26-34-57(35-27-47)72(58-36-31-50-43-49(29-30-51(50)44-58)52-33-40-70-65(45-52)64-42-48(2)28-39-69(64)73(70)56-20-10-5-11-21-56)68-41-38-59(60-22-12-13-24-63(60)68)53-32-37-62-61-23-14-15-25-66(61)71(67(62)46-53,54-16-6-3-7-17-54)55-18-8-4-9-19-55/h3-46H,1-2H3. The van der Waals surface area contributed by atoms with Crippen LogP contribution in [0.3, 0.4) is 0 Å². The van der Waals surface area contributed by atoms with Crippen molar-refractivity contribution in [2.75, 3.05) is 4.90 Å². The Balaban J connectivity index is 0.885. The molecule has 1 aliphatic rings. The van der Waals surface area contributed by atoms with Crippen molar-refractivity contribution in [2.24, 2.45) is 0 Å².